The van der Waals surface area contributed by atoms with E-state index in [-0.39, 0.29) is 22.9 Å². The number of amides is 1. The molecule has 2 saturated carbocycles. The summed E-state index contributed by atoms with van der Waals surface area (Å²) in [6.07, 6.45) is 6.03. The molecule has 0 bridgehead atoms. The second kappa shape index (κ2) is 4.94. The summed E-state index contributed by atoms with van der Waals surface area (Å²) < 4.78 is 5.56. The van der Waals surface area contributed by atoms with Crippen LogP contribution in [0.2, 0.25) is 0 Å². The van der Waals surface area contributed by atoms with Crippen LogP contribution in [0.3, 0.4) is 0 Å². The predicted molar refractivity (Wildman–Crippen MR) is 92.1 cm³/mol. The number of nitrogens with zero attached hydrogens (tertiary/aromatic N) is 2. The molecule has 2 fully saturated rings. The van der Waals surface area contributed by atoms with E-state index in [9.17, 15) is 4.79 Å². The molecule has 0 saturated heterocycles. The summed E-state index contributed by atoms with van der Waals surface area (Å²) in [7, 11) is 0. The number of hydrogen-bond donors (Lipinski definition) is 2. The number of anilines is 1. The second-order valence-corrected chi connectivity index (χ2v) is 7.98. The van der Waals surface area contributed by atoms with Crippen LogP contribution in [-0.4, -0.2) is 27.5 Å². The van der Waals surface area contributed by atoms with Crippen molar-refractivity contribution in [1.29, 1.82) is 0 Å². The SMILES string of the molecule is Cc1nc(NC2(C)CC2)c2c(C(=O)NC(C)C3(C)CC3)coc2n1. The number of nitrogens with one attached hydrogen (secondary N) is 2. The highest BCUT2D eigenvalue weighted by molar-refractivity contribution is 6.09. The highest BCUT2D eigenvalue weighted by atomic mass is 16.3. The van der Waals surface area contributed by atoms with Crippen molar-refractivity contribution in [3.05, 3.63) is 17.7 Å². The van der Waals surface area contributed by atoms with Gasteiger partial charge in [0, 0.05) is 11.6 Å². The van der Waals surface area contributed by atoms with E-state index in [1.807, 2.05) is 6.92 Å². The maximum atomic E-state index is 12.8. The van der Waals surface area contributed by atoms with E-state index in [0.29, 0.717) is 28.3 Å². The van der Waals surface area contributed by atoms with Crippen LogP contribution >= 0.6 is 0 Å². The Labute approximate surface area is 141 Å². The summed E-state index contributed by atoms with van der Waals surface area (Å²) in [4.78, 5) is 21.6. The van der Waals surface area contributed by atoms with Crippen LogP contribution < -0.4 is 10.6 Å². The average Bonchev–Trinajstić information content (AvgIpc) is 3.38. The number of rotatable bonds is 5. The van der Waals surface area contributed by atoms with Gasteiger partial charge in [-0.2, -0.15) is 4.98 Å². The zero-order chi connectivity index (χ0) is 17.1. The van der Waals surface area contributed by atoms with Gasteiger partial charge in [0.15, 0.2) is 0 Å². The van der Waals surface area contributed by atoms with E-state index in [0.717, 1.165) is 25.7 Å². The summed E-state index contributed by atoms with van der Waals surface area (Å²) >= 11 is 0. The van der Waals surface area contributed by atoms with Gasteiger partial charge < -0.3 is 15.1 Å². The van der Waals surface area contributed by atoms with Gasteiger partial charge in [-0.3, -0.25) is 4.79 Å². The minimum absolute atomic E-state index is 0.0630. The van der Waals surface area contributed by atoms with Gasteiger partial charge in [0.25, 0.3) is 5.91 Å². The highest BCUT2D eigenvalue weighted by Gasteiger charge is 2.43. The number of furan rings is 1. The third-order valence-electron chi connectivity index (χ3n) is 5.64. The molecule has 2 aromatic rings. The second-order valence-electron chi connectivity index (χ2n) is 7.98. The summed E-state index contributed by atoms with van der Waals surface area (Å²) in [6, 6.07) is 0.138. The number of aromatic nitrogens is 2. The zero-order valence-electron chi connectivity index (χ0n) is 14.7. The third-order valence-corrected chi connectivity index (χ3v) is 5.64. The van der Waals surface area contributed by atoms with Crippen LogP contribution in [0, 0.1) is 12.3 Å². The van der Waals surface area contributed by atoms with Crippen LogP contribution in [0.15, 0.2) is 10.7 Å². The van der Waals surface area contributed by atoms with Gasteiger partial charge in [-0.15, -0.1) is 0 Å². The van der Waals surface area contributed by atoms with Gasteiger partial charge in [0.05, 0.1) is 10.9 Å². The lowest BCUT2D eigenvalue weighted by molar-refractivity contribution is 0.0925. The third kappa shape index (κ3) is 2.64. The standard InChI is InChI=1S/C18H24N4O2/c1-10(17(3)5-6-17)19-15(23)12-9-24-16-13(12)14(20-11(2)21-16)22-18(4)7-8-18/h9-10H,5-8H2,1-4H3,(H,19,23)(H,20,21,22). The van der Waals surface area contributed by atoms with Crippen molar-refractivity contribution in [2.24, 2.45) is 5.41 Å². The molecule has 2 aliphatic carbocycles. The van der Waals surface area contributed by atoms with E-state index in [2.05, 4.69) is 41.4 Å². The Bertz CT molecular complexity index is 818. The monoisotopic (exact) mass is 328 g/mol. The molecule has 0 spiro atoms. The van der Waals surface area contributed by atoms with E-state index in [1.54, 1.807) is 0 Å². The summed E-state index contributed by atoms with van der Waals surface area (Å²) in [5.74, 6) is 1.21. The van der Waals surface area contributed by atoms with Gasteiger partial charge in [-0.25, -0.2) is 4.98 Å². The van der Waals surface area contributed by atoms with Crippen LogP contribution in [-0.2, 0) is 0 Å². The molecule has 4 rings (SSSR count). The predicted octanol–water partition coefficient (Wildman–Crippen LogP) is 3.41. The average molecular weight is 328 g/mol. The van der Waals surface area contributed by atoms with E-state index >= 15 is 0 Å². The lowest BCUT2D eigenvalue weighted by Crippen LogP contribution is -2.38. The number of carbonyl (C=O) groups is 1. The Balaban J connectivity index is 1.68. The number of fused-ring (bicyclic) bond motifs is 1. The van der Waals surface area contributed by atoms with Crippen LogP contribution in [0.25, 0.3) is 11.1 Å². The van der Waals surface area contributed by atoms with Crippen LogP contribution in [0.5, 0.6) is 0 Å². The number of hydrogen-bond acceptors (Lipinski definition) is 5. The smallest absolute Gasteiger partial charge is 0.255 e. The molecular weight excluding hydrogens is 304 g/mol. The largest absolute Gasteiger partial charge is 0.445 e. The van der Waals surface area contributed by atoms with Gasteiger partial charge in [-0.1, -0.05) is 6.92 Å². The molecule has 2 aliphatic rings. The first-order valence-corrected chi connectivity index (χ1v) is 8.65. The van der Waals surface area contributed by atoms with Crippen molar-refractivity contribution >= 4 is 22.8 Å². The number of carbonyl (C=O) groups excluding carboxylic acids is 1. The van der Waals surface area contributed by atoms with Crippen molar-refractivity contribution in [3.8, 4) is 0 Å². The summed E-state index contributed by atoms with van der Waals surface area (Å²) in [5, 5.41) is 7.26. The van der Waals surface area contributed by atoms with E-state index in [4.69, 9.17) is 4.42 Å². The van der Waals surface area contributed by atoms with Gasteiger partial charge in [0.2, 0.25) is 5.71 Å². The first-order valence-electron chi connectivity index (χ1n) is 8.65. The molecular formula is C18H24N4O2. The zero-order valence-corrected chi connectivity index (χ0v) is 14.7. The first-order chi connectivity index (χ1) is 11.3. The van der Waals surface area contributed by atoms with Gasteiger partial charge in [-0.05, 0) is 51.9 Å². The Morgan fingerprint density at radius 3 is 2.58 bits per heavy atom. The fourth-order valence-electron chi connectivity index (χ4n) is 2.98. The Hall–Kier alpha value is -2.11. The molecule has 0 aliphatic heterocycles. The molecule has 2 heterocycles. The van der Waals surface area contributed by atoms with Gasteiger partial charge >= 0.3 is 0 Å². The molecule has 6 nitrogen and oxygen atoms in total. The Morgan fingerprint density at radius 2 is 1.96 bits per heavy atom. The van der Waals surface area contributed by atoms with Crippen molar-refractivity contribution in [3.63, 3.8) is 0 Å². The molecule has 1 atom stereocenters. The van der Waals surface area contributed by atoms with Crippen LogP contribution in [0.4, 0.5) is 5.82 Å². The molecule has 128 valence electrons. The lowest BCUT2D eigenvalue weighted by atomic mass is 10.0. The van der Waals surface area contributed by atoms with Crippen molar-refractivity contribution in [2.45, 2.75) is 65.0 Å². The fraction of sp³-hybridized carbons (Fsp3) is 0.611. The number of aryl methyl sites for hydroxylation is 1. The van der Waals surface area contributed by atoms with Gasteiger partial charge in [0.1, 0.15) is 17.9 Å². The molecule has 1 unspecified atom stereocenters. The Morgan fingerprint density at radius 1 is 1.25 bits per heavy atom. The first kappa shape index (κ1) is 15.4. The molecule has 6 heteroatoms. The summed E-state index contributed by atoms with van der Waals surface area (Å²) in [5.41, 5.74) is 1.26. The maximum Gasteiger partial charge on any atom is 0.255 e. The molecule has 0 radical (unpaired) electrons. The molecule has 2 aromatic heterocycles. The minimum Gasteiger partial charge on any atom is -0.445 e. The fourth-order valence-corrected chi connectivity index (χ4v) is 2.98. The lowest BCUT2D eigenvalue weighted by Gasteiger charge is -2.20. The van der Waals surface area contributed by atoms with Crippen molar-refractivity contribution in [2.75, 3.05) is 5.32 Å². The molecule has 2 N–H and O–H groups in total. The minimum atomic E-state index is -0.120. The molecule has 0 aromatic carbocycles. The molecule has 24 heavy (non-hydrogen) atoms. The van der Waals surface area contributed by atoms with Crippen molar-refractivity contribution < 1.29 is 9.21 Å². The normalized spacial score (nSPS) is 21.3. The quantitative estimate of drug-likeness (QED) is 0.879. The topological polar surface area (TPSA) is 80.0 Å². The maximum absolute atomic E-state index is 12.8. The van der Waals surface area contributed by atoms with E-state index < -0.39 is 0 Å². The highest BCUT2D eigenvalue weighted by Crippen LogP contribution is 2.48. The summed E-state index contributed by atoms with van der Waals surface area (Å²) in [6.45, 7) is 8.27. The van der Waals surface area contributed by atoms with Crippen molar-refractivity contribution in [1.82, 2.24) is 15.3 Å². The van der Waals surface area contributed by atoms with Crippen LogP contribution in [0.1, 0.15) is 62.6 Å². The Kier molecular flexibility index (Phi) is 3.18. The van der Waals surface area contributed by atoms with E-state index in [1.165, 1.54) is 6.26 Å². The molecule has 1 amide bonds.